The first-order chi connectivity index (χ1) is 8.66. The van der Waals surface area contributed by atoms with Gasteiger partial charge in [0.25, 0.3) is 5.91 Å². The maximum Gasteiger partial charge on any atom is 0.252 e. The van der Waals surface area contributed by atoms with Crippen molar-refractivity contribution in [2.24, 2.45) is 0 Å². The number of rotatable bonds is 4. The van der Waals surface area contributed by atoms with E-state index in [4.69, 9.17) is 4.42 Å². The molecule has 2 aromatic heterocycles. The molecule has 0 bridgehead atoms. The molecule has 5 nitrogen and oxygen atoms in total. The molecule has 1 unspecified atom stereocenters. The molecule has 0 spiro atoms. The Labute approximate surface area is 102 Å². The number of carbonyl (C=O) groups excluding carboxylic acids is 1. The molecule has 0 fully saturated rings. The van der Waals surface area contributed by atoms with Gasteiger partial charge in [0.05, 0.1) is 18.4 Å². The Morgan fingerprint density at radius 1 is 1.50 bits per heavy atom. The van der Waals surface area contributed by atoms with Crippen LogP contribution in [0.2, 0.25) is 0 Å². The quantitative estimate of drug-likeness (QED) is 0.801. The highest BCUT2D eigenvalue weighted by Crippen LogP contribution is 2.11. The number of aromatic nitrogens is 1. The zero-order chi connectivity index (χ0) is 13.0. The zero-order valence-electron chi connectivity index (χ0n) is 9.34. The third-order valence-electron chi connectivity index (χ3n) is 2.32. The number of carbonyl (C=O) groups is 1. The van der Waals surface area contributed by atoms with Gasteiger partial charge < -0.3 is 14.8 Å². The monoisotopic (exact) mass is 250 g/mol. The van der Waals surface area contributed by atoms with Gasteiger partial charge in [0.1, 0.15) is 11.9 Å². The van der Waals surface area contributed by atoms with E-state index in [1.165, 1.54) is 12.3 Å². The van der Waals surface area contributed by atoms with Gasteiger partial charge in [0.2, 0.25) is 5.95 Å². The molecule has 0 radical (unpaired) electrons. The summed E-state index contributed by atoms with van der Waals surface area (Å²) in [5.41, 5.74) is 0.225. The number of amides is 1. The van der Waals surface area contributed by atoms with Gasteiger partial charge in [-0.25, -0.2) is 4.98 Å². The summed E-state index contributed by atoms with van der Waals surface area (Å²) < 4.78 is 17.5. The first-order valence-corrected chi connectivity index (χ1v) is 5.28. The Bertz CT molecular complexity index is 511. The van der Waals surface area contributed by atoms with E-state index >= 15 is 0 Å². The van der Waals surface area contributed by atoms with Crippen molar-refractivity contribution in [1.82, 2.24) is 10.3 Å². The summed E-state index contributed by atoms with van der Waals surface area (Å²) in [7, 11) is 0. The molecule has 0 saturated carbocycles. The molecule has 1 amide bonds. The Hall–Kier alpha value is -2.21. The molecule has 0 aliphatic rings. The fourth-order valence-electron chi connectivity index (χ4n) is 1.38. The van der Waals surface area contributed by atoms with Crippen molar-refractivity contribution in [3.05, 3.63) is 54.0 Å². The predicted octanol–water partition coefficient (Wildman–Crippen LogP) is 1.28. The van der Waals surface area contributed by atoms with Crippen LogP contribution in [0.4, 0.5) is 4.39 Å². The lowest BCUT2D eigenvalue weighted by molar-refractivity contribution is 0.0900. The SMILES string of the molecule is O=C(NCC(O)c1ccco1)c1ccc(F)nc1. The van der Waals surface area contributed by atoms with Crippen molar-refractivity contribution in [3.8, 4) is 0 Å². The number of hydrogen-bond acceptors (Lipinski definition) is 4. The molecule has 18 heavy (non-hydrogen) atoms. The molecule has 2 heterocycles. The van der Waals surface area contributed by atoms with Crippen LogP contribution in [0.3, 0.4) is 0 Å². The number of hydrogen-bond donors (Lipinski definition) is 2. The van der Waals surface area contributed by atoms with Crippen LogP contribution in [-0.4, -0.2) is 22.5 Å². The van der Waals surface area contributed by atoms with Gasteiger partial charge in [-0.3, -0.25) is 4.79 Å². The van der Waals surface area contributed by atoms with Crippen molar-refractivity contribution in [1.29, 1.82) is 0 Å². The Morgan fingerprint density at radius 3 is 2.94 bits per heavy atom. The summed E-state index contributed by atoms with van der Waals surface area (Å²) in [5.74, 6) is -0.720. The second-order valence-corrected chi connectivity index (χ2v) is 3.61. The number of furan rings is 1. The number of nitrogens with zero attached hydrogens (tertiary/aromatic N) is 1. The van der Waals surface area contributed by atoms with Crippen LogP contribution in [0, 0.1) is 5.95 Å². The molecule has 0 aliphatic heterocycles. The van der Waals surface area contributed by atoms with Crippen molar-refractivity contribution in [3.63, 3.8) is 0 Å². The first-order valence-electron chi connectivity index (χ1n) is 5.28. The van der Waals surface area contributed by atoms with Gasteiger partial charge in [0.15, 0.2) is 0 Å². The average Bonchev–Trinajstić information content (AvgIpc) is 2.90. The van der Waals surface area contributed by atoms with E-state index in [9.17, 15) is 14.3 Å². The molecular formula is C12H11FN2O3. The maximum atomic E-state index is 12.6. The van der Waals surface area contributed by atoms with Crippen LogP contribution in [0.5, 0.6) is 0 Å². The van der Waals surface area contributed by atoms with E-state index < -0.39 is 18.0 Å². The molecule has 0 aromatic carbocycles. The van der Waals surface area contributed by atoms with Gasteiger partial charge >= 0.3 is 0 Å². The second kappa shape index (κ2) is 5.42. The van der Waals surface area contributed by atoms with Crippen LogP contribution in [0.1, 0.15) is 22.2 Å². The van der Waals surface area contributed by atoms with E-state index in [0.29, 0.717) is 5.76 Å². The van der Waals surface area contributed by atoms with Crippen LogP contribution in [0.25, 0.3) is 0 Å². The molecule has 6 heteroatoms. The smallest absolute Gasteiger partial charge is 0.252 e. The van der Waals surface area contributed by atoms with Gasteiger partial charge in [0, 0.05) is 6.20 Å². The highest BCUT2D eigenvalue weighted by atomic mass is 19.1. The summed E-state index contributed by atoms with van der Waals surface area (Å²) in [4.78, 5) is 15.0. The number of halogens is 1. The van der Waals surface area contributed by atoms with Gasteiger partial charge in [-0.15, -0.1) is 0 Å². The van der Waals surface area contributed by atoms with E-state index in [-0.39, 0.29) is 12.1 Å². The van der Waals surface area contributed by atoms with Crippen molar-refractivity contribution in [2.45, 2.75) is 6.10 Å². The third kappa shape index (κ3) is 2.92. The fourth-order valence-corrected chi connectivity index (χ4v) is 1.38. The number of nitrogens with one attached hydrogen (secondary N) is 1. The Morgan fingerprint density at radius 2 is 2.33 bits per heavy atom. The van der Waals surface area contributed by atoms with Gasteiger partial charge in [-0.2, -0.15) is 4.39 Å². The number of aliphatic hydroxyl groups is 1. The van der Waals surface area contributed by atoms with Crippen LogP contribution >= 0.6 is 0 Å². The number of aliphatic hydroxyl groups excluding tert-OH is 1. The average molecular weight is 250 g/mol. The van der Waals surface area contributed by atoms with E-state index in [1.54, 1.807) is 12.1 Å². The first kappa shape index (κ1) is 12.3. The van der Waals surface area contributed by atoms with Crippen LogP contribution in [-0.2, 0) is 0 Å². The normalized spacial score (nSPS) is 12.1. The summed E-state index contributed by atoms with van der Waals surface area (Å²) >= 11 is 0. The summed E-state index contributed by atoms with van der Waals surface area (Å²) in [6, 6.07) is 5.66. The zero-order valence-corrected chi connectivity index (χ0v) is 9.34. The lowest BCUT2D eigenvalue weighted by Gasteiger charge is -2.09. The summed E-state index contributed by atoms with van der Waals surface area (Å²) in [6.45, 7) is 0.00369. The molecule has 2 aromatic rings. The minimum atomic E-state index is -0.919. The lowest BCUT2D eigenvalue weighted by Crippen LogP contribution is -2.28. The maximum absolute atomic E-state index is 12.6. The summed E-state index contributed by atoms with van der Waals surface area (Å²) in [5, 5.41) is 12.2. The molecule has 1 atom stereocenters. The van der Waals surface area contributed by atoms with Crippen LogP contribution in [0.15, 0.2) is 41.1 Å². The van der Waals surface area contributed by atoms with Gasteiger partial charge in [-0.1, -0.05) is 0 Å². The fraction of sp³-hybridized carbons (Fsp3) is 0.167. The molecule has 2 N–H and O–H groups in total. The second-order valence-electron chi connectivity index (χ2n) is 3.61. The standard InChI is InChI=1S/C12H11FN2O3/c13-11-4-3-8(6-14-11)12(17)15-7-9(16)10-2-1-5-18-10/h1-6,9,16H,7H2,(H,15,17). The lowest BCUT2D eigenvalue weighted by atomic mass is 10.2. The topological polar surface area (TPSA) is 75.4 Å². The largest absolute Gasteiger partial charge is 0.467 e. The highest BCUT2D eigenvalue weighted by molar-refractivity contribution is 5.93. The Balaban J connectivity index is 1.90. The van der Waals surface area contributed by atoms with Crippen molar-refractivity contribution in [2.75, 3.05) is 6.54 Å². The minimum Gasteiger partial charge on any atom is -0.467 e. The number of pyridine rings is 1. The summed E-state index contributed by atoms with van der Waals surface area (Å²) in [6.07, 6.45) is 1.64. The van der Waals surface area contributed by atoms with E-state index in [0.717, 1.165) is 12.3 Å². The molecule has 94 valence electrons. The van der Waals surface area contributed by atoms with E-state index in [2.05, 4.69) is 10.3 Å². The van der Waals surface area contributed by atoms with Gasteiger partial charge in [-0.05, 0) is 24.3 Å². The van der Waals surface area contributed by atoms with E-state index in [1.807, 2.05) is 0 Å². The molecule has 0 saturated heterocycles. The molecular weight excluding hydrogens is 239 g/mol. The Kier molecular flexibility index (Phi) is 3.69. The highest BCUT2D eigenvalue weighted by Gasteiger charge is 2.13. The third-order valence-corrected chi connectivity index (χ3v) is 2.32. The molecule has 2 rings (SSSR count). The minimum absolute atomic E-state index is 0.00369. The van der Waals surface area contributed by atoms with Crippen molar-refractivity contribution < 1.29 is 18.7 Å². The predicted molar refractivity (Wildman–Crippen MR) is 60.2 cm³/mol. The molecule has 0 aliphatic carbocycles. The van der Waals surface area contributed by atoms with Crippen LogP contribution < -0.4 is 5.32 Å². The van der Waals surface area contributed by atoms with Crippen molar-refractivity contribution >= 4 is 5.91 Å².